The number of thiophene rings is 1. The summed E-state index contributed by atoms with van der Waals surface area (Å²) in [6.07, 6.45) is 0. The van der Waals surface area contributed by atoms with Crippen molar-refractivity contribution in [3.8, 4) is 5.75 Å². The highest BCUT2D eigenvalue weighted by Gasteiger charge is 2.26. The molecule has 0 spiro atoms. The average molecular weight is 469 g/mol. The van der Waals surface area contributed by atoms with E-state index in [4.69, 9.17) is 4.74 Å². The molecule has 0 saturated carbocycles. The van der Waals surface area contributed by atoms with E-state index in [1.807, 2.05) is 43.5 Å². The van der Waals surface area contributed by atoms with Crippen molar-refractivity contribution in [2.75, 3.05) is 7.11 Å². The van der Waals surface area contributed by atoms with Crippen molar-refractivity contribution in [1.82, 2.24) is 9.29 Å². The number of hydrogen-bond acceptors (Lipinski definition) is 5. The Hall–Kier alpha value is -2.94. The topological polar surface area (TPSA) is 79.5 Å². The molecule has 0 unspecified atom stereocenters. The van der Waals surface area contributed by atoms with Crippen LogP contribution in [-0.2, 0) is 23.1 Å². The lowest BCUT2D eigenvalue weighted by Crippen LogP contribution is -2.32. The quantitative estimate of drug-likeness (QED) is 0.430. The van der Waals surface area contributed by atoms with Gasteiger partial charge in [0.1, 0.15) is 5.75 Å². The summed E-state index contributed by atoms with van der Waals surface area (Å²) in [5.74, 6) is 0.575. The van der Waals surface area contributed by atoms with Crippen LogP contribution in [0.15, 0.2) is 69.7 Å². The van der Waals surface area contributed by atoms with Gasteiger partial charge in [0.2, 0.25) is 10.0 Å². The first-order chi connectivity index (χ1) is 15.3. The molecule has 0 atom stereocenters. The SMILES string of the molecule is COc1ccc(S(=O)(=O)N(Cc2cccs2)Cc2cc3c(C)cc(C)cc3[nH]c2=O)cc1. The molecule has 32 heavy (non-hydrogen) atoms. The fourth-order valence-electron chi connectivity index (χ4n) is 3.72. The van der Waals surface area contributed by atoms with Gasteiger partial charge in [-0.1, -0.05) is 12.1 Å². The Balaban J connectivity index is 1.77. The largest absolute Gasteiger partial charge is 0.497 e. The molecule has 8 heteroatoms. The van der Waals surface area contributed by atoms with Gasteiger partial charge in [0, 0.05) is 34.4 Å². The van der Waals surface area contributed by atoms with Crippen LogP contribution in [0.3, 0.4) is 0 Å². The Kier molecular flexibility index (Phi) is 6.19. The molecular weight excluding hydrogens is 444 g/mol. The first-order valence-corrected chi connectivity index (χ1v) is 12.4. The number of nitrogens with one attached hydrogen (secondary N) is 1. The van der Waals surface area contributed by atoms with Crippen LogP contribution in [-0.4, -0.2) is 24.8 Å². The second-order valence-corrected chi connectivity index (χ2v) is 10.7. The number of aromatic nitrogens is 1. The van der Waals surface area contributed by atoms with Crippen LogP contribution in [0, 0.1) is 13.8 Å². The van der Waals surface area contributed by atoms with Gasteiger partial charge in [-0.25, -0.2) is 8.42 Å². The zero-order chi connectivity index (χ0) is 22.9. The molecule has 2 aromatic carbocycles. The van der Waals surface area contributed by atoms with Gasteiger partial charge in [-0.3, -0.25) is 4.79 Å². The highest BCUT2D eigenvalue weighted by molar-refractivity contribution is 7.89. The summed E-state index contributed by atoms with van der Waals surface area (Å²) in [6.45, 7) is 4.10. The molecule has 2 heterocycles. The van der Waals surface area contributed by atoms with Crippen molar-refractivity contribution in [3.05, 3.63) is 91.9 Å². The minimum atomic E-state index is -3.86. The van der Waals surface area contributed by atoms with Gasteiger partial charge in [0.25, 0.3) is 5.56 Å². The normalized spacial score (nSPS) is 11.9. The number of methoxy groups -OCH3 is 1. The summed E-state index contributed by atoms with van der Waals surface area (Å²) < 4.78 is 33.5. The number of hydrogen-bond donors (Lipinski definition) is 1. The van der Waals surface area contributed by atoms with Gasteiger partial charge in [-0.05, 0) is 72.8 Å². The summed E-state index contributed by atoms with van der Waals surface area (Å²) in [5.41, 5.74) is 2.95. The van der Waals surface area contributed by atoms with E-state index in [9.17, 15) is 13.2 Å². The van der Waals surface area contributed by atoms with E-state index in [-0.39, 0.29) is 23.5 Å². The second kappa shape index (κ2) is 8.90. The van der Waals surface area contributed by atoms with E-state index in [2.05, 4.69) is 4.98 Å². The molecule has 2 aromatic heterocycles. The molecular formula is C24H24N2O4S2. The summed E-state index contributed by atoms with van der Waals surface area (Å²) >= 11 is 1.48. The molecule has 1 N–H and O–H groups in total. The minimum absolute atomic E-state index is 0.0369. The molecule has 4 aromatic rings. The maximum atomic E-state index is 13.5. The van der Waals surface area contributed by atoms with E-state index < -0.39 is 10.0 Å². The van der Waals surface area contributed by atoms with Crippen LogP contribution in [0.25, 0.3) is 10.9 Å². The minimum Gasteiger partial charge on any atom is -0.497 e. The summed E-state index contributed by atoms with van der Waals surface area (Å²) in [7, 11) is -2.33. The summed E-state index contributed by atoms with van der Waals surface area (Å²) in [4.78, 5) is 16.8. The van der Waals surface area contributed by atoms with Gasteiger partial charge in [0.05, 0.1) is 12.0 Å². The standard InChI is InChI=1S/C24H24N2O4S2/c1-16-11-17(2)22-13-18(24(27)25-23(22)12-16)14-26(15-20-5-4-10-31-20)32(28,29)21-8-6-19(30-3)7-9-21/h4-13H,14-15H2,1-3H3,(H,25,27). The van der Waals surface area contributed by atoms with Crippen molar-refractivity contribution in [3.63, 3.8) is 0 Å². The number of sulfonamides is 1. The molecule has 4 rings (SSSR count). The van der Waals surface area contributed by atoms with E-state index >= 15 is 0 Å². The number of benzene rings is 2. The third-order valence-electron chi connectivity index (χ3n) is 5.35. The number of rotatable bonds is 7. The first kappa shape index (κ1) is 22.3. The Morgan fingerprint density at radius 1 is 1.03 bits per heavy atom. The fraction of sp³-hybridized carbons (Fsp3) is 0.208. The Morgan fingerprint density at radius 2 is 1.78 bits per heavy atom. The summed E-state index contributed by atoms with van der Waals surface area (Å²) in [6, 6.07) is 15.8. The third kappa shape index (κ3) is 4.48. The molecule has 0 aliphatic rings. The smallest absolute Gasteiger partial charge is 0.252 e. The molecule has 0 fully saturated rings. The molecule has 0 bridgehead atoms. The Morgan fingerprint density at radius 3 is 2.44 bits per heavy atom. The lowest BCUT2D eigenvalue weighted by Gasteiger charge is -2.22. The number of H-pyrrole nitrogens is 1. The van der Waals surface area contributed by atoms with Crippen LogP contribution in [0.5, 0.6) is 5.75 Å². The zero-order valence-electron chi connectivity index (χ0n) is 18.1. The van der Waals surface area contributed by atoms with Crippen molar-refractivity contribution in [2.24, 2.45) is 0 Å². The van der Waals surface area contributed by atoms with Gasteiger partial charge in [-0.15, -0.1) is 11.3 Å². The number of nitrogens with zero attached hydrogens (tertiary/aromatic N) is 1. The van der Waals surface area contributed by atoms with Gasteiger partial charge in [0.15, 0.2) is 0 Å². The molecule has 0 aliphatic carbocycles. The van der Waals surface area contributed by atoms with Crippen LogP contribution in [0.4, 0.5) is 0 Å². The van der Waals surface area contributed by atoms with Gasteiger partial charge in [-0.2, -0.15) is 4.31 Å². The van der Waals surface area contributed by atoms with Crippen LogP contribution in [0.2, 0.25) is 0 Å². The van der Waals surface area contributed by atoms with Crippen LogP contribution in [0.1, 0.15) is 21.6 Å². The Bertz CT molecular complexity index is 1410. The van der Waals surface area contributed by atoms with E-state index in [0.29, 0.717) is 11.3 Å². The molecule has 0 aliphatic heterocycles. The third-order valence-corrected chi connectivity index (χ3v) is 8.01. The van der Waals surface area contributed by atoms with E-state index in [0.717, 1.165) is 26.9 Å². The molecule has 166 valence electrons. The van der Waals surface area contributed by atoms with Crippen molar-refractivity contribution in [2.45, 2.75) is 31.8 Å². The number of aromatic amines is 1. The van der Waals surface area contributed by atoms with E-state index in [1.165, 1.54) is 34.9 Å². The van der Waals surface area contributed by atoms with E-state index in [1.54, 1.807) is 18.2 Å². The first-order valence-electron chi connectivity index (χ1n) is 10.1. The maximum absolute atomic E-state index is 13.5. The van der Waals surface area contributed by atoms with Crippen LogP contribution >= 0.6 is 11.3 Å². The lowest BCUT2D eigenvalue weighted by atomic mass is 10.0. The molecule has 0 saturated heterocycles. The number of ether oxygens (including phenoxy) is 1. The van der Waals surface area contributed by atoms with Gasteiger partial charge < -0.3 is 9.72 Å². The zero-order valence-corrected chi connectivity index (χ0v) is 19.7. The lowest BCUT2D eigenvalue weighted by molar-refractivity contribution is 0.401. The maximum Gasteiger partial charge on any atom is 0.252 e. The van der Waals surface area contributed by atoms with Gasteiger partial charge >= 0.3 is 0 Å². The van der Waals surface area contributed by atoms with Crippen molar-refractivity contribution >= 4 is 32.3 Å². The number of aryl methyl sites for hydroxylation is 2. The predicted octanol–water partition coefficient (Wildman–Crippen LogP) is 4.61. The molecule has 0 radical (unpaired) electrons. The van der Waals surface area contributed by atoms with Crippen LogP contribution < -0.4 is 10.3 Å². The average Bonchev–Trinajstić information content (AvgIpc) is 3.27. The Labute approximate surface area is 191 Å². The number of fused-ring (bicyclic) bond motifs is 1. The molecule has 0 amide bonds. The van der Waals surface area contributed by atoms with Crippen molar-refractivity contribution < 1.29 is 13.2 Å². The van der Waals surface area contributed by atoms with Crippen molar-refractivity contribution in [1.29, 1.82) is 0 Å². The highest BCUT2D eigenvalue weighted by atomic mass is 32.2. The highest BCUT2D eigenvalue weighted by Crippen LogP contribution is 2.25. The molecule has 6 nitrogen and oxygen atoms in total. The predicted molar refractivity (Wildman–Crippen MR) is 128 cm³/mol. The summed E-state index contributed by atoms with van der Waals surface area (Å²) in [5, 5.41) is 2.81. The monoisotopic (exact) mass is 468 g/mol. The fourth-order valence-corrected chi connectivity index (χ4v) is 5.92. The number of pyridine rings is 1. The second-order valence-electron chi connectivity index (χ2n) is 7.69.